The van der Waals surface area contributed by atoms with Gasteiger partial charge in [-0.15, -0.1) is 0 Å². The van der Waals surface area contributed by atoms with Crippen molar-refractivity contribution >= 4 is 33.6 Å². The van der Waals surface area contributed by atoms with E-state index in [9.17, 15) is 9.59 Å². The molecule has 0 aliphatic carbocycles. The van der Waals surface area contributed by atoms with Crippen molar-refractivity contribution in [2.45, 2.75) is 13.3 Å². The molecule has 0 aliphatic rings. The van der Waals surface area contributed by atoms with E-state index in [0.717, 1.165) is 4.47 Å². The molecule has 0 radical (unpaired) electrons. The first-order valence-electron chi connectivity index (χ1n) is 5.56. The lowest BCUT2D eigenvalue weighted by Gasteiger charge is -2.20. The van der Waals surface area contributed by atoms with E-state index in [2.05, 4.69) is 21.2 Å². The Balaban J connectivity index is 2.56. The number of anilines is 1. The minimum atomic E-state index is -0.912. The largest absolute Gasteiger partial charge is 0.481 e. The summed E-state index contributed by atoms with van der Waals surface area (Å²) in [6.07, 6.45) is -0.0540. The highest BCUT2D eigenvalue weighted by atomic mass is 79.9. The summed E-state index contributed by atoms with van der Waals surface area (Å²) in [7, 11) is 0. The van der Waals surface area contributed by atoms with Crippen LogP contribution in [-0.2, 0) is 4.79 Å². The minimum absolute atomic E-state index is 0.0540. The highest BCUT2D eigenvalue weighted by Crippen LogP contribution is 2.14. The molecule has 0 heterocycles. The molecule has 0 atom stereocenters. The van der Waals surface area contributed by atoms with Gasteiger partial charge < -0.3 is 15.3 Å². The number of rotatable bonds is 5. The number of nitrogens with one attached hydrogen (secondary N) is 1. The van der Waals surface area contributed by atoms with Gasteiger partial charge in [-0.3, -0.25) is 4.79 Å². The first-order valence-corrected chi connectivity index (χ1v) is 6.35. The summed E-state index contributed by atoms with van der Waals surface area (Å²) in [5, 5.41) is 11.3. The van der Waals surface area contributed by atoms with E-state index in [1.54, 1.807) is 12.1 Å². The summed E-state index contributed by atoms with van der Waals surface area (Å²) in [6, 6.07) is 6.90. The molecule has 1 aromatic rings. The number of carbonyl (C=O) groups excluding carboxylic acids is 1. The predicted molar refractivity (Wildman–Crippen MR) is 72.7 cm³/mol. The Kier molecular flexibility index (Phi) is 5.64. The Morgan fingerprint density at radius 1 is 1.33 bits per heavy atom. The van der Waals surface area contributed by atoms with Crippen LogP contribution in [0.2, 0.25) is 0 Å². The third kappa shape index (κ3) is 4.75. The smallest absolute Gasteiger partial charge is 0.321 e. The summed E-state index contributed by atoms with van der Waals surface area (Å²) in [6.45, 7) is 2.48. The maximum absolute atomic E-state index is 11.9. The lowest BCUT2D eigenvalue weighted by atomic mass is 10.3. The SMILES string of the molecule is CCN(CCC(=O)O)C(=O)Nc1ccc(Br)cc1. The van der Waals surface area contributed by atoms with Crippen molar-refractivity contribution in [1.29, 1.82) is 0 Å². The lowest BCUT2D eigenvalue weighted by molar-refractivity contribution is -0.137. The first kappa shape index (κ1) is 14.5. The molecule has 0 bridgehead atoms. The van der Waals surface area contributed by atoms with E-state index in [-0.39, 0.29) is 19.0 Å². The molecule has 18 heavy (non-hydrogen) atoms. The maximum Gasteiger partial charge on any atom is 0.321 e. The van der Waals surface area contributed by atoms with Crippen LogP contribution in [0.5, 0.6) is 0 Å². The van der Waals surface area contributed by atoms with Gasteiger partial charge in [0.05, 0.1) is 6.42 Å². The molecule has 5 nitrogen and oxygen atoms in total. The summed E-state index contributed by atoms with van der Waals surface area (Å²) < 4.78 is 0.929. The van der Waals surface area contributed by atoms with Crippen LogP contribution in [0.3, 0.4) is 0 Å². The molecule has 2 N–H and O–H groups in total. The summed E-state index contributed by atoms with van der Waals surface area (Å²) in [5.41, 5.74) is 0.678. The number of amides is 2. The van der Waals surface area contributed by atoms with Gasteiger partial charge in [-0.1, -0.05) is 15.9 Å². The van der Waals surface area contributed by atoms with Crippen LogP contribution in [0.15, 0.2) is 28.7 Å². The third-order valence-corrected chi connectivity index (χ3v) is 2.89. The van der Waals surface area contributed by atoms with Crippen LogP contribution in [0.1, 0.15) is 13.3 Å². The Hall–Kier alpha value is -1.56. The second-order valence-electron chi connectivity index (χ2n) is 3.66. The lowest BCUT2D eigenvalue weighted by Crippen LogP contribution is -2.36. The van der Waals surface area contributed by atoms with E-state index in [1.165, 1.54) is 4.90 Å². The van der Waals surface area contributed by atoms with Gasteiger partial charge in [0, 0.05) is 23.2 Å². The molecule has 1 rings (SSSR count). The van der Waals surface area contributed by atoms with E-state index in [4.69, 9.17) is 5.11 Å². The van der Waals surface area contributed by atoms with Gasteiger partial charge in [-0.25, -0.2) is 4.79 Å². The van der Waals surface area contributed by atoms with E-state index < -0.39 is 5.97 Å². The molecule has 0 aliphatic heterocycles. The number of carboxylic acid groups (broad SMARTS) is 1. The van der Waals surface area contributed by atoms with Crippen molar-refractivity contribution in [2.24, 2.45) is 0 Å². The zero-order chi connectivity index (χ0) is 13.5. The van der Waals surface area contributed by atoms with Gasteiger partial charge in [-0.2, -0.15) is 0 Å². The second-order valence-corrected chi connectivity index (χ2v) is 4.58. The Labute approximate surface area is 114 Å². The van der Waals surface area contributed by atoms with E-state index in [1.807, 2.05) is 19.1 Å². The number of carboxylic acids is 1. The van der Waals surface area contributed by atoms with Crippen LogP contribution >= 0.6 is 15.9 Å². The fourth-order valence-electron chi connectivity index (χ4n) is 1.37. The molecule has 0 spiro atoms. The average Bonchev–Trinajstić information content (AvgIpc) is 2.32. The highest BCUT2D eigenvalue weighted by molar-refractivity contribution is 9.10. The fraction of sp³-hybridized carbons (Fsp3) is 0.333. The standard InChI is InChI=1S/C12H15BrN2O3/c1-2-15(8-7-11(16)17)12(18)14-10-5-3-9(13)4-6-10/h3-6H,2,7-8H2,1H3,(H,14,18)(H,16,17). The Morgan fingerprint density at radius 2 is 1.94 bits per heavy atom. The number of nitrogens with zero attached hydrogens (tertiary/aromatic N) is 1. The quantitative estimate of drug-likeness (QED) is 0.878. The molecule has 0 aromatic heterocycles. The van der Waals surface area contributed by atoms with Crippen molar-refractivity contribution < 1.29 is 14.7 Å². The summed E-state index contributed by atoms with van der Waals surface area (Å²) >= 11 is 3.31. The van der Waals surface area contributed by atoms with Crippen molar-refractivity contribution in [3.63, 3.8) is 0 Å². The minimum Gasteiger partial charge on any atom is -0.481 e. The molecule has 0 fully saturated rings. The van der Waals surface area contributed by atoms with Crippen LogP contribution in [-0.4, -0.2) is 35.1 Å². The van der Waals surface area contributed by atoms with Gasteiger partial charge >= 0.3 is 12.0 Å². The highest BCUT2D eigenvalue weighted by Gasteiger charge is 2.12. The van der Waals surface area contributed by atoms with E-state index in [0.29, 0.717) is 12.2 Å². The zero-order valence-electron chi connectivity index (χ0n) is 10.0. The second kappa shape index (κ2) is 7.00. The molecule has 1 aromatic carbocycles. The number of urea groups is 1. The van der Waals surface area contributed by atoms with E-state index >= 15 is 0 Å². The molecule has 0 unspecified atom stereocenters. The van der Waals surface area contributed by atoms with Crippen molar-refractivity contribution in [2.75, 3.05) is 18.4 Å². The van der Waals surface area contributed by atoms with Gasteiger partial charge in [-0.05, 0) is 31.2 Å². The first-order chi connectivity index (χ1) is 8.52. The van der Waals surface area contributed by atoms with Gasteiger partial charge in [0.15, 0.2) is 0 Å². The number of hydrogen-bond donors (Lipinski definition) is 2. The molecular weight excluding hydrogens is 300 g/mol. The maximum atomic E-state index is 11.9. The van der Waals surface area contributed by atoms with Gasteiger partial charge in [0.2, 0.25) is 0 Å². The number of benzene rings is 1. The van der Waals surface area contributed by atoms with Gasteiger partial charge in [0.1, 0.15) is 0 Å². The summed E-state index contributed by atoms with van der Waals surface area (Å²) in [5.74, 6) is -0.912. The Bertz CT molecular complexity index is 420. The topological polar surface area (TPSA) is 69.6 Å². The van der Waals surface area contributed by atoms with Crippen LogP contribution in [0.4, 0.5) is 10.5 Å². The normalized spacial score (nSPS) is 9.89. The number of carbonyl (C=O) groups is 2. The molecule has 98 valence electrons. The monoisotopic (exact) mass is 314 g/mol. The van der Waals surface area contributed by atoms with Crippen molar-refractivity contribution in [3.05, 3.63) is 28.7 Å². The molecule has 0 saturated heterocycles. The summed E-state index contributed by atoms with van der Waals surface area (Å²) in [4.78, 5) is 23.8. The molecular formula is C12H15BrN2O3. The van der Waals surface area contributed by atoms with Crippen LogP contribution < -0.4 is 5.32 Å². The van der Waals surface area contributed by atoms with Crippen LogP contribution in [0.25, 0.3) is 0 Å². The fourth-order valence-corrected chi connectivity index (χ4v) is 1.63. The number of hydrogen-bond acceptors (Lipinski definition) is 2. The third-order valence-electron chi connectivity index (χ3n) is 2.36. The molecule has 0 saturated carbocycles. The molecule has 2 amide bonds. The van der Waals surface area contributed by atoms with Gasteiger partial charge in [0.25, 0.3) is 0 Å². The van der Waals surface area contributed by atoms with Crippen molar-refractivity contribution in [1.82, 2.24) is 4.90 Å². The average molecular weight is 315 g/mol. The predicted octanol–water partition coefficient (Wildman–Crippen LogP) is 2.78. The Morgan fingerprint density at radius 3 is 2.44 bits per heavy atom. The number of aliphatic carboxylic acids is 1. The number of halogens is 1. The van der Waals surface area contributed by atoms with Crippen molar-refractivity contribution in [3.8, 4) is 0 Å². The zero-order valence-corrected chi connectivity index (χ0v) is 11.6. The van der Waals surface area contributed by atoms with Crippen LogP contribution in [0, 0.1) is 0 Å². The molecule has 6 heteroatoms.